The molecule has 10 heavy (non-hydrogen) atoms. The first kappa shape index (κ1) is 7.97. The molecule has 1 aromatic rings. The topological polar surface area (TPSA) is 30.7 Å². The highest BCUT2D eigenvalue weighted by Crippen LogP contribution is 1.97. The third-order valence-electron chi connectivity index (χ3n) is 1.35. The zero-order chi connectivity index (χ0) is 7.40. The van der Waals surface area contributed by atoms with E-state index in [1.807, 2.05) is 0 Å². The van der Waals surface area contributed by atoms with Gasteiger partial charge in [-0.15, -0.1) is 10.2 Å². The minimum Gasteiger partial charge on any atom is -0.318 e. The first-order valence-corrected chi connectivity index (χ1v) is 4.83. The number of alkyl halides is 1. The standard InChI is InChI=1S/C6H10IN3/c1-2-10-5-8-9-6(10)3-4-7/h5H,2-4H2,1H3. The van der Waals surface area contributed by atoms with Crippen molar-refractivity contribution in [1.29, 1.82) is 0 Å². The Bertz CT molecular complexity index is 197. The van der Waals surface area contributed by atoms with Crippen molar-refractivity contribution >= 4 is 22.6 Å². The molecule has 1 rings (SSSR count). The van der Waals surface area contributed by atoms with Gasteiger partial charge in [-0.3, -0.25) is 0 Å². The van der Waals surface area contributed by atoms with Crippen LogP contribution in [0.5, 0.6) is 0 Å². The SMILES string of the molecule is CCn1cnnc1CCI. The predicted molar refractivity (Wildman–Crippen MR) is 48.3 cm³/mol. The lowest BCUT2D eigenvalue weighted by Gasteiger charge is -1.98. The largest absolute Gasteiger partial charge is 0.318 e. The molecular formula is C6H10IN3. The number of halogens is 1. The number of aromatic nitrogens is 3. The lowest BCUT2D eigenvalue weighted by Crippen LogP contribution is -2.00. The van der Waals surface area contributed by atoms with Crippen LogP contribution in [0.4, 0.5) is 0 Å². The predicted octanol–water partition coefficient (Wildman–Crippen LogP) is 1.28. The lowest BCUT2D eigenvalue weighted by molar-refractivity contribution is 0.708. The van der Waals surface area contributed by atoms with E-state index in [-0.39, 0.29) is 0 Å². The summed E-state index contributed by atoms with van der Waals surface area (Å²) < 4.78 is 3.18. The van der Waals surface area contributed by atoms with Crippen molar-refractivity contribution in [3.8, 4) is 0 Å². The maximum Gasteiger partial charge on any atom is 0.133 e. The Morgan fingerprint density at radius 1 is 1.70 bits per heavy atom. The van der Waals surface area contributed by atoms with Crippen molar-refractivity contribution in [3.05, 3.63) is 12.2 Å². The van der Waals surface area contributed by atoms with E-state index < -0.39 is 0 Å². The first-order chi connectivity index (χ1) is 4.88. The normalized spacial score (nSPS) is 10.2. The van der Waals surface area contributed by atoms with Crippen LogP contribution in [0.15, 0.2) is 6.33 Å². The summed E-state index contributed by atoms with van der Waals surface area (Å²) in [6.45, 7) is 3.07. The maximum absolute atomic E-state index is 3.98. The van der Waals surface area contributed by atoms with Gasteiger partial charge in [0.15, 0.2) is 0 Å². The van der Waals surface area contributed by atoms with Gasteiger partial charge < -0.3 is 4.57 Å². The molecular weight excluding hydrogens is 241 g/mol. The third-order valence-corrected chi connectivity index (χ3v) is 1.89. The molecule has 0 N–H and O–H groups in total. The molecule has 3 nitrogen and oxygen atoms in total. The Kier molecular flexibility index (Phi) is 3.11. The monoisotopic (exact) mass is 251 g/mol. The maximum atomic E-state index is 3.98. The second-order valence-electron chi connectivity index (χ2n) is 1.97. The average molecular weight is 251 g/mol. The quantitative estimate of drug-likeness (QED) is 0.598. The van der Waals surface area contributed by atoms with Crippen LogP contribution in [0.3, 0.4) is 0 Å². The van der Waals surface area contributed by atoms with Gasteiger partial charge in [0.05, 0.1) is 0 Å². The van der Waals surface area contributed by atoms with Crippen LogP contribution in [0, 0.1) is 0 Å². The van der Waals surface area contributed by atoms with Gasteiger partial charge in [-0.1, -0.05) is 22.6 Å². The smallest absolute Gasteiger partial charge is 0.133 e. The summed E-state index contributed by atoms with van der Waals surface area (Å²) >= 11 is 2.34. The van der Waals surface area contributed by atoms with Crippen LogP contribution in [0.1, 0.15) is 12.7 Å². The Hall–Kier alpha value is -0.130. The van der Waals surface area contributed by atoms with Crippen molar-refractivity contribution < 1.29 is 0 Å². The molecule has 1 heterocycles. The molecule has 56 valence electrons. The second-order valence-corrected chi connectivity index (χ2v) is 3.05. The van der Waals surface area contributed by atoms with Crippen LogP contribution in [-0.2, 0) is 13.0 Å². The minimum absolute atomic E-state index is 0.971. The minimum atomic E-state index is 0.971. The fourth-order valence-electron chi connectivity index (χ4n) is 0.821. The van der Waals surface area contributed by atoms with E-state index in [4.69, 9.17) is 0 Å². The van der Waals surface area contributed by atoms with Gasteiger partial charge in [-0.05, 0) is 6.92 Å². The molecule has 0 aromatic carbocycles. The summed E-state index contributed by atoms with van der Waals surface area (Å²) in [6.07, 6.45) is 2.80. The molecule has 0 aliphatic heterocycles. The first-order valence-electron chi connectivity index (χ1n) is 3.31. The molecule has 1 aromatic heterocycles. The van der Waals surface area contributed by atoms with Crippen molar-refractivity contribution in [3.63, 3.8) is 0 Å². The fraction of sp³-hybridized carbons (Fsp3) is 0.667. The molecule has 4 heteroatoms. The van der Waals surface area contributed by atoms with E-state index in [0.717, 1.165) is 23.2 Å². The van der Waals surface area contributed by atoms with E-state index >= 15 is 0 Å². The molecule has 0 saturated carbocycles. The number of hydrogen-bond donors (Lipinski definition) is 0. The summed E-state index contributed by atoms with van der Waals surface area (Å²) in [5.74, 6) is 1.09. The molecule has 0 amide bonds. The summed E-state index contributed by atoms with van der Waals surface area (Å²) in [4.78, 5) is 0. The van der Waals surface area contributed by atoms with E-state index in [0.29, 0.717) is 0 Å². The van der Waals surface area contributed by atoms with Gasteiger partial charge in [-0.2, -0.15) is 0 Å². The van der Waals surface area contributed by atoms with Crippen LogP contribution in [0.25, 0.3) is 0 Å². The van der Waals surface area contributed by atoms with Gasteiger partial charge in [0, 0.05) is 17.4 Å². The van der Waals surface area contributed by atoms with Crippen LogP contribution in [-0.4, -0.2) is 19.2 Å². The molecule has 0 fully saturated rings. The van der Waals surface area contributed by atoms with Gasteiger partial charge in [0.2, 0.25) is 0 Å². The van der Waals surface area contributed by atoms with Crippen molar-refractivity contribution in [1.82, 2.24) is 14.8 Å². The van der Waals surface area contributed by atoms with Crippen LogP contribution >= 0.6 is 22.6 Å². The summed E-state index contributed by atoms with van der Waals surface area (Å²) in [5.41, 5.74) is 0. The van der Waals surface area contributed by atoms with Crippen LogP contribution in [0.2, 0.25) is 0 Å². The third kappa shape index (κ3) is 1.68. The Balaban J connectivity index is 2.70. The Labute approximate surface area is 74.0 Å². The molecule has 0 radical (unpaired) electrons. The molecule has 0 atom stereocenters. The zero-order valence-corrected chi connectivity index (χ0v) is 8.08. The molecule has 0 unspecified atom stereocenters. The number of rotatable bonds is 3. The van der Waals surface area contributed by atoms with E-state index in [1.165, 1.54) is 0 Å². The molecule has 0 saturated heterocycles. The lowest BCUT2D eigenvalue weighted by atomic mass is 10.4. The summed E-state index contributed by atoms with van der Waals surface area (Å²) in [6, 6.07) is 0. The fourth-order valence-corrected chi connectivity index (χ4v) is 1.30. The molecule has 0 bridgehead atoms. The van der Waals surface area contributed by atoms with E-state index in [2.05, 4.69) is 44.3 Å². The van der Waals surface area contributed by atoms with Gasteiger partial charge in [-0.25, -0.2) is 0 Å². The Morgan fingerprint density at radius 3 is 3.10 bits per heavy atom. The number of nitrogens with zero attached hydrogens (tertiary/aromatic N) is 3. The highest BCUT2D eigenvalue weighted by Gasteiger charge is 1.98. The van der Waals surface area contributed by atoms with E-state index in [1.54, 1.807) is 6.33 Å². The highest BCUT2D eigenvalue weighted by atomic mass is 127. The summed E-state index contributed by atoms with van der Waals surface area (Å²) in [5, 5.41) is 7.81. The molecule has 0 spiro atoms. The number of hydrogen-bond acceptors (Lipinski definition) is 2. The highest BCUT2D eigenvalue weighted by molar-refractivity contribution is 14.1. The van der Waals surface area contributed by atoms with Gasteiger partial charge >= 0.3 is 0 Å². The zero-order valence-electron chi connectivity index (χ0n) is 5.92. The second kappa shape index (κ2) is 3.90. The van der Waals surface area contributed by atoms with Crippen molar-refractivity contribution in [2.75, 3.05) is 4.43 Å². The van der Waals surface area contributed by atoms with Crippen LogP contribution < -0.4 is 0 Å². The average Bonchev–Trinajstić information content (AvgIpc) is 2.36. The number of aryl methyl sites for hydroxylation is 2. The van der Waals surface area contributed by atoms with E-state index in [9.17, 15) is 0 Å². The summed E-state index contributed by atoms with van der Waals surface area (Å²) in [7, 11) is 0. The van der Waals surface area contributed by atoms with Crippen molar-refractivity contribution in [2.45, 2.75) is 19.9 Å². The van der Waals surface area contributed by atoms with Crippen molar-refractivity contribution in [2.24, 2.45) is 0 Å². The Morgan fingerprint density at radius 2 is 2.50 bits per heavy atom. The molecule has 0 aliphatic carbocycles. The molecule has 0 aliphatic rings. The van der Waals surface area contributed by atoms with Gasteiger partial charge in [0.1, 0.15) is 12.2 Å². The van der Waals surface area contributed by atoms with Gasteiger partial charge in [0.25, 0.3) is 0 Å².